The van der Waals surface area contributed by atoms with Crippen LogP contribution in [-0.2, 0) is 9.59 Å². The van der Waals surface area contributed by atoms with E-state index in [0.717, 1.165) is 31.2 Å². The van der Waals surface area contributed by atoms with Gasteiger partial charge >= 0.3 is 0 Å². The fourth-order valence-electron chi connectivity index (χ4n) is 3.09. The number of hydrogen-bond donors (Lipinski definition) is 3. The Kier molecular flexibility index (Phi) is 5.55. The van der Waals surface area contributed by atoms with Crippen LogP contribution in [0.2, 0.25) is 0 Å². The van der Waals surface area contributed by atoms with E-state index in [4.69, 9.17) is 11.5 Å². The van der Waals surface area contributed by atoms with E-state index in [9.17, 15) is 9.59 Å². The molecule has 2 amide bonds. The summed E-state index contributed by atoms with van der Waals surface area (Å²) < 4.78 is 0. The van der Waals surface area contributed by atoms with Crippen molar-refractivity contribution in [1.82, 2.24) is 5.32 Å². The predicted octanol–water partition coefficient (Wildman–Crippen LogP) is 1.48. The largest absolute Gasteiger partial charge is 0.369 e. The van der Waals surface area contributed by atoms with Gasteiger partial charge in [-0.25, -0.2) is 0 Å². The maximum Gasteiger partial charge on any atom is 0.224 e. The Morgan fingerprint density at radius 2 is 1.82 bits per heavy atom. The zero-order valence-corrected chi connectivity index (χ0v) is 13.0. The zero-order chi connectivity index (χ0) is 16.1. The average molecular weight is 303 g/mol. The Hall–Kier alpha value is -1.88. The van der Waals surface area contributed by atoms with Crippen molar-refractivity contribution in [2.45, 2.75) is 44.7 Å². The molecule has 5 nitrogen and oxygen atoms in total. The highest BCUT2D eigenvalue weighted by atomic mass is 16.2. The van der Waals surface area contributed by atoms with Crippen molar-refractivity contribution in [3.63, 3.8) is 0 Å². The molecule has 0 spiro atoms. The molecule has 0 saturated heterocycles. The SMILES string of the molecule is CC(C(=O)NC1CCCCC1C(N)=O)C(N)c1ccccc1. The lowest BCUT2D eigenvalue weighted by Crippen LogP contribution is -2.49. The van der Waals surface area contributed by atoms with Gasteiger partial charge < -0.3 is 16.8 Å². The minimum absolute atomic E-state index is 0.116. The number of hydrogen-bond acceptors (Lipinski definition) is 3. The van der Waals surface area contributed by atoms with E-state index in [2.05, 4.69) is 5.32 Å². The summed E-state index contributed by atoms with van der Waals surface area (Å²) in [6.45, 7) is 1.81. The molecule has 5 heteroatoms. The van der Waals surface area contributed by atoms with Crippen molar-refractivity contribution in [3.05, 3.63) is 35.9 Å². The van der Waals surface area contributed by atoms with Crippen molar-refractivity contribution in [2.75, 3.05) is 0 Å². The summed E-state index contributed by atoms with van der Waals surface area (Å²) in [5, 5.41) is 2.98. The van der Waals surface area contributed by atoms with Gasteiger partial charge in [0.25, 0.3) is 0 Å². The number of amides is 2. The Morgan fingerprint density at radius 1 is 1.18 bits per heavy atom. The number of rotatable bonds is 5. The minimum atomic E-state index is -0.364. The van der Waals surface area contributed by atoms with Crippen LogP contribution in [0, 0.1) is 11.8 Å². The molecular weight excluding hydrogens is 278 g/mol. The quantitative estimate of drug-likeness (QED) is 0.768. The van der Waals surface area contributed by atoms with Gasteiger partial charge in [-0.1, -0.05) is 50.1 Å². The van der Waals surface area contributed by atoms with Crippen molar-refractivity contribution in [3.8, 4) is 0 Å². The molecular formula is C17H25N3O2. The lowest BCUT2D eigenvalue weighted by Gasteiger charge is -2.31. The van der Waals surface area contributed by atoms with E-state index in [1.165, 1.54) is 0 Å². The zero-order valence-electron chi connectivity index (χ0n) is 13.0. The molecule has 0 aromatic heterocycles. The first-order valence-corrected chi connectivity index (χ1v) is 7.91. The number of nitrogens with one attached hydrogen (secondary N) is 1. The third-order valence-corrected chi connectivity index (χ3v) is 4.60. The number of primary amides is 1. The van der Waals surface area contributed by atoms with Gasteiger partial charge in [0.15, 0.2) is 0 Å². The Labute approximate surface area is 131 Å². The highest BCUT2D eigenvalue weighted by Gasteiger charge is 2.32. The molecule has 1 fully saturated rings. The average Bonchev–Trinajstić information content (AvgIpc) is 2.54. The first-order chi connectivity index (χ1) is 10.5. The van der Waals surface area contributed by atoms with Crippen molar-refractivity contribution in [2.24, 2.45) is 23.3 Å². The van der Waals surface area contributed by atoms with Crippen LogP contribution in [0.4, 0.5) is 0 Å². The molecule has 4 unspecified atom stereocenters. The molecule has 1 aromatic rings. The van der Waals surface area contributed by atoms with Gasteiger partial charge in [0.05, 0.1) is 11.8 Å². The number of carbonyl (C=O) groups excluding carboxylic acids is 2. The maximum atomic E-state index is 12.5. The standard InChI is InChI=1S/C17H25N3O2/c1-11(15(18)12-7-3-2-4-8-12)17(22)20-14-10-6-5-9-13(14)16(19)21/h2-4,7-8,11,13-15H,5-6,9-10,18H2,1H3,(H2,19,21)(H,20,22). The van der Waals surface area contributed by atoms with Crippen molar-refractivity contribution in [1.29, 1.82) is 0 Å². The molecule has 120 valence electrons. The molecule has 0 radical (unpaired) electrons. The van der Waals surface area contributed by atoms with Crippen LogP contribution >= 0.6 is 0 Å². The van der Waals surface area contributed by atoms with E-state index in [1.54, 1.807) is 0 Å². The highest BCUT2D eigenvalue weighted by Crippen LogP contribution is 2.25. The van der Waals surface area contributed by atoms with Crippen LogP contribution in [-0.4, -0.2) is 17.9 Å². The predicted molar refractivity (Wildman–Crippen MR) is 85.6 cm³/mol. The number of nitrogens with two attached hydrogens (primary N) is 2. The summed E-state index contributed by atoms with van der Waals surface area (Å²) in [7, 11) is 0. The van der Waals surface area contributed by atoms with Gasteiger partial charge in [0, 0.05) is 12.1 Å². The molecule has 0 bridgehead atoms. The van der Waals surface area contributed by atoms with Gasteiger partial charge in [0.2, 0.25) is 11.8 Å². The molecule has 0 heterocycles. The molecule has 22 heavy (non-hydrogen) atoms. The summed E-state index contributed by atoms with van der Waals surface area (Å²) in [4.78, 5) is 24.0. The smallest absolute Gasteiger partial charge is 0.224 e. The lowest BCUT2D eigenvalue weighted by atomic mass is 9.83. The Morgan fingerprint density at radius 3 is 2.45 bits per heavy atom. The first kappa shape index (κ1) is 16.5. The second-order valence-corrected chi connectivity index (χ2v) is 6.13. The molecule has 1 aliphatic rings. The van der Waals surface area contributed by atoms with Crippen molar-refractivity contribution >= 4 is 11.8 Å². The summed E-state index contributed by atoms with van der Waals surface area (Å²) in [5.41, 5.74) is 12.6. The third-order valence-electron chi connectivity index (χ3n) is 4.60. The van der Waals surface area contributed by atoms with Crippen LogP contribution in [0.1, 0.15) is 44.2 Å². The monoisotopic (exact) mass is 303 g/mol. The maximum absolute atomic E-state index is 12.5. The highest BCUT2D eigenvalue weighted by molar-refractivity contribution is 5.82. The summed E-state index contributed by atoms with van der Waals surface area (Å²) in [5.74, 6) is -1.07. The van der Waals surface area contributed by atoms with Gasteiger partial charge in [-0.3, -0.25) is 9.59 Å². The number of carbonyl (C=O) groups is 2. The topological polar surface area (TPSA) is 98.2 Å². The van der Waals surface area contributed by atoms with E-state index < -0.39 is 0 Å². The van der Waals surface area contributed by atoms with Gasteiger partial charge in [-0.15, -0.1) is 0 Å². The third kappa shape index (κ3) is 3.85. The molecule has 1 saturated carbocycles. The number of benzene rings is 1. The summed E-state index contributed by atoms with van der Waals surface area (Å²) in [6, 6.07) is 9.04. The summed E-state index contributed by atoms with van der Waals surface area (Å²) in [6.07, 6.45) is 3.54. The fraction of sp³-hybridized carbons (Fsp3) is 0.529. The first-order valence-electron chi connectivity index (χ1n) is 7.91. The van der Waals surface area contributed by atoms with Crippen molar-refractivity contribution < 1.29 is 9.59 Å². The molecule has 1 aliphatic carbocycles. The molecule has 5 N–H and O–H groups in total. The van der Waals surface area contributed by atoms with Crippen LogP contribution in [0.3, 0.4) is 0 Å². The van der Waals surface area contributed by atoms with Crippen LogP contribution in [0.15, 0.2) is 30.3 Å². The van der Waals surface area contributed by atoms with E-state index in [1.807, 2.05) is 37.3 Å². The van der Waals surface area contributed by atoms with Crippen LogP contribution in [0.5, 0.6) is 0 Å². The Balaban J connectivity index is 2.00. The molecule has 1 aromatic carbocycles. The molecule has 0 aliphatic heterocycles. The molecule has 4 atom stereocenters. The summed E-state index contributed by atoms with van der Waals surface area (Å²) >= 11 is 0. The van der Waals surface area contributed by atoms with Crippen LogP contribution < -0.4 is 16.8 Å². The normalized spacial score (nSPS) is 24.3. The van der Waals surface area contributed by atoms with E-state index >= 15 is 0 Å². The van der Waals surface area contributed by atoms with E-state index in [0.29, 0.717) is 0 Å². The second kappa shape index (κ2) is 7.40. The van der Waals surface area contributed by atoms with Gasteiger partial charge in [0.1, 0.15) is 0 Å². The lowest BCUT2D eigenvalue weighted by molar-refractivity contribution is -0.128. The van der Waals surface area contributed by atoms with Gasteiger partial charge in [-0.05, 0) is 18.4 Å². The minimum Gasteiger partial charge on any atom is -0.369 e. The molecule has 2 rings (SSSR count). The second-order valence-electron chi connectivity index (χ2n) is 6.13. The van der Waals surface area contributed by atoms with E-state index in [-0.39, 0.29) is 35.7 Å². The Bertz CT molecular complexity index is 518. The van der Waals surface area contributed by atoms with Gasteiger partial charge in [-0.2, -0.15) is 0 Å². The fourth-order valence-corrected chi connectivity index (χ4v) is 3.09. The van der Waals surface area contributed by atoms with Crippen LogP contribution in [0.25, 0.3) is 0 Å².